The Labute approximate surface area is 125 Å². The molecule has 21 heavy (non-hydrogen) atoms. The van der Waals surface area contributed by atoms with Crippen molar-refractivity contribution in [1.29, 1.82) is 0 Å². The summed E-state index contributed by atoms with van der Waals surface area (Å²) in [4.78, 5) is 25.2. The van der Waals surface area contributed by atoms with E-state index < -0.39 is 11.8 Å². The minimum atomic E-state index is -0.602. The highest BCUT2D eigenvalue weighted by Gasteiger charge is 2.27. The molecule has 0 saturated carbocycles. The molecule has 0 aromatic heterocycles. The van der Waals surface area contributed by atoms with Crippen LogP contribution in [0.2, 0.25) is 0 Å². The zero-order valence-electron chi connectivity index (χ0n) is 12.7. The quantitative estimate of drug-likeness (QED) is 0.690. The summed E-state index contributed by atoms with van der Waals surface area (Å²) in [5.41, 5.74) is 1.75. The molecule has 1 aromatic rings. The van der Waals surface area contributed by atoms with Crippen LogP contribution in [0, 0.1) is 6.92 Å². The smallest absolute Gasteiger partial charge is 0.313 e. The maximum atomic E-state index is 11.8. The van der Waals surface area contributed by atoms with Crippen molar-refractivity contribution in [2.45, 2.75) is 32.7 Å². The van der Waals surface area contributed by atoms with E-state index in [-0.39, 0.29) is 0 Å². The number of nitrogens with one attached hydrogen (secondary N) is 3. The van der Waals surface area contributed by atoms with Gasteiger partial charge >= 0.3 is 11.8 Å². The number of quaternary nitrogens is 1. The normalized spacial score (nSPS) is 21.0. The van der Waals surface area contributed by atoms with E-state index in [0.717, 1.165) is 25.1 Å². The molecule has 2 atom stereocenters. The van der Waals surface area contributed by atoms with E-state index in [9.17, 15) is 9.59 Å². The third-order valence-electron chi connectivity index (χ3n) is 4.11. The summed E-state index contributed by atoms with van der Waals surface area (Å²) >= 11 is 0. The molecule has 5 nitrogen and oxygen atoms in total. The van der Waals surface area contributed by atoms with E-state index in [0.29, 0.717) is 18.3 Å². The van der Waals surface area contributed by atoms with Crippen LogP contribution in [-0.4, -0.2) is 37.5 Å². The van der Waals surface area contributed by atoms with E-state index >= 15 is 0 Å². The topological polar surface area (TPSA) is 62.6 Å². The number of carbonyl (C=O) groups is 2. The summed E-state index contributed by atoms with van der Waals surface area (Å²) < 4.78 is 0. The molecular formula is C16H24N3O2+. The lowest BCUT2D eigenvalue weighted by molar-refractivity contribution is -0.909. The van der Waals surface area contributed by atoms with Gasteiger partial charge in [-0.2, -0.15) is 0 Å². The van der Waals surface area contributed by atoms with Gasteiger partial charge in [0.15, 0.2) is 0 Å². The van der Waals surface area contributed by atoms with Gasteiger partial charge < -0.3 is 15.5 Å². The third-order valence-corrected chi connectivity index (χ3v) is 4.11. The first kappa shape index (κ1) is 15.5. The maximum absolute atomic E-state index is 11.8. The molecule has 0 aliphatic carbocycles. The van der Waals surface area contributed by atoms with Crippen molar-refractivity contribution in [3.63, 3.8) is 0 Å². The SMILES string of the molecule is CC[NH+]1CCC[C@@H]1CNC(=O)C(=O)Nc1ccc(C)cc1. The van der Waals surface area contributed by atoms with Crippen LogP contribution in [0.1, 0.15) is 25.3 Å². The molecule has 5 heteroatoms. The van der Waals surface area contributed by atoms with Crippen LogP contribution in [0.15, 0.2) is 24.3 Å². The predicted molar refractivity (Wildman–Crippen MR) is 82.2 cm³/mol. The number of hydrogen-bond acceptors (Lipinski definition) is 2. The molecule has 2 amide bonds. The Morgan fingerprint density at radius 3 is 2.62 bits per heavy atom. The molecule has 0 spiro atoms. The van der Waals surface area contributed by atoms with E-state index in [1.165, 1.54) is 11.3 Å². The average Bonchev–Trinajstić information content (AvgIpc) is 2.94. The van der Waals surface area contributed by atoms with Gasteiger partial charge in [-0.1, -0.05) is 17.7 Å². The van der Waals surface area contributed by atoms with Gasteiger partial charge in [-0.15, -0.1) is 0 Å². The van der Waals surface area contributed by atoms with Crippen LogP contribution in [-0.2, 0) is 9.59 Å². The van der Waals surface area contributed by atoms with E-state index in [1.54, 1.807) is 12.1 Å². The molecule has 0 radical (unpaired) electrons. The summed E-state index contributed by atoms with van der Waals surface area (Å²) in [5.74, 6) is -1.16. The van der Waals surface area contributed by atoms with Crippen molar-refractivity contribution in [2.75, 3.05) is 25.0 Å². The second kappa shape index (κ2) is 7.22. The fourth-order valence-electron chi connectivity index (χ4n) is 2.82. The maximum Gasteiger partial charge on any atom is 0.313 e. The highest BCUT2D eigenvalue weighted by atomic mass is 16.2. The second-order valence-corrected chi connectivity index (χ2v) is 5.63. The van der Waals surface area contributed by atoms with Crippen molar-refractivity contribution in [3.8, 4) is 0 Å². The number of amides is 2. The van der Waals surface area contributed by atoms with Crippen LogP contribution >= 0.6 is 0 Å². The zero-order valence-corrected chi connectivity index (χ0v) is 12.7. The molecule has 3 N–H and O–H groups in total. The minimum Gasteiger partial charge on any atom is -0.342 e. The number of benzene rings is 1. The molecular weight excluding hydrogens is 266 g/mol. The van der Waals surface area contributed by atoms with E-state index in [1.807, 2.05) is 19.1 Å². The number of anilines is 1. The number of hydrogen-bond donors (Lipinski definition) is 3. The minimum absolute atomic E-state index is 0.436. The van der Waals surface area contributed by atoms with Crippen molar-refractivity contribution in [1.82, 2.24) is 5.32 Å². The van der Waals surface area contributed by atoms with Crippen LogP contribution in [0.4, 0.5) is 5.69 Å². The Bertz CT molecular complexity index is 499. The summed E-state index contributed by atoms with van der Waals surface area (Å²) in [5, 5.41) is 5.36. The van der Waals surface area contributed by atoms with Gasteiger partial charge in [0.1, 0.15) is 6.04 Å². The van der Waals surface area contributed by atoms with Crippen molar-refractivity contribution in [2.24, 2.45) is 0 Å². The van der Waals surface area contributed by atoms with Gasteiger partial charge in [0.2, 0.25) is 0 Å². The van der Waals surface area contributed by atoms with Crippen LogP contribution in [0.5, 0.6) is 0 Å². The van der Waals surface area contributed by atoms with Gasteiger partial charge in [0, 0.05) is 18.5 Å². The lowest BCUT2D eigenvalue weighted by Crippen LogP contribution is -3.14. The van der Waals surface area contributed by atoms with Crippen molar-refractivity contribution >= 4 is 17.5 Å². The number of likely N-dealkylation sites (tertiary alicyclic amines) is 1. The van der Waals surface area contributed by atoms with Gasteiger partial charge in [-0.3, -0.25) is 9.59 Å². The molecule has 1 saturated heterocycles. The average molecular weight is 290 g/mol. The Morgan fingerprint density at radius 1 is 1.24 bits per heavy atom. The molecule has 2 rings (SSSR count). The molecule has 1 fully saturated rings. The van der Waals surface area contributed by atoms with Gasteiger partial charge in [-0.25, -0.2) is 0 Å². The van der Waals surface area contributed by atoms with Gasteiger partial charge in [0.05, 0.1) is 19.6 Å². The standard InChI is InChI=1S/C16H23N3O2/c1-3-19-10-4-5-14(19)11-17-15(20)16(21)18-13-8-6-12(2)7-9-13/h6-9,14H,3-5,10-11H2,1-2H3,(H,17,20)(H,18,21)/p+1/t14-/m1/s1. The van der Waals surface area contributed by atoms with Crippen LogP contribution < -0.4 is 15.5 Å². The molecule has 1 heterocycles. The monoisotopic (exact) mass is 290 g/mol. The lowest BCUT2D eigenvalue weighted by Gasteiger charge is -2.19. The number of carbonyl (C=O) groups excluding carboxylic acids is 2. The van der Waals surface area contributed by atoms with Gasteiger partial charge in [0.25, 0.3) is 0 Å². The zero-order chi connectivity index (χ0) is 15.2. The highest BCUT2D eigenvalue weighted by molar-refractivity contribution is 6.39. The molecule has 1 aliphatic heterocycles. The Morgan fingerprint density at radius 2 is 1.95 bits per heavy atom. The van der Waals surface area contributed by atoms with Crippen LogP contribution in [0.3, 0.4) is 0 Å². The Balaban J connectivity index is 1.80. The predicted octanol–water partition coefficient (Wildman–Crippen LogP) is 0.117. The first-order valence-corrected chi connectivity index (χ1v) is 7.60. The number of likely N-dealkylation sites (N-methyl/N-ethyl adjacent to an activating group) is 1. The Hall–Kier alpha value is -1.88. The largest absolute Gasteiger partial charge is 0.342 e. The van der Waals surface area contributed by atoms with Gasteiger partial charge in [-0.05, 0) is 26.0 Å². The molecule has 114 valence electrons. The molecule has 0 bridgehead atoms. The van der Waals surface area contributed by atoms with Crippen LogP contribution in [0.25, 0.3) is 0 Å². The van der Waals surface area contributed by atoms with Crippen molar-refractivity contribution < 1.29 is 14.5 Å². The summed E-state index contributed by atoms with van der Waals surface area (Å²) in [6.07, 6.45) is 2.31. The lowest BCUT2D eigenvalue weighted by atomic mass is 10.2. The second-order valence-electron chi connectivity index (χ2n) is 5.63. The fourth-order valence-corrected chi connectivity index (χ4v) is 2.82. The Kier molecular flexibility index (Phi) is 5.33. The highest BCUT2D eigenvalue weighted by Crippen LogP contribution is 2.08. The first-order valence-electron chi connectivity index (χ1n) is 7.60. The molecule has 1 aliphatic rings. The molecule has 1 aromatic carbocycles. The number of aryl methyl sites for hydroxylation is 1. The van der Waals surface area contributed by atoms with E-state index in [4.69, 9.17) is 0 Å². The summed E-state index contributed by atoms with van der Waals surface area (Å²) in [7, 11) is 0. The molecule has 1 unspecified atom stereocenters. The first-order chi connectivity index (χ1) is 10.1. The van der Waals surface area contributed by atoms with E-state index in [2.05, 4.69) is 17.6 Å². The fraction of sp³-hybridized carbons (Fsp3) is 0.500. The number of rotatable bonds is 4. The third kappa shape index (κ3) is 4.29. The van der Waals surface area contributed by atoms with Crippen molar-refractivity contribution in [3.05, 3.63) is 29.8 Å². The summed E-state index contributed by atoms with van der Waals surface area (Å²) in [6.45, 7) is 6.92. The summed E-state index contributed by atoms with van der Waals surface area (Å²) in [6, 6.07) is 7.82.